The largest absolute Gasteiger partial charge is 0.350 e. The Balaban J connectivity index is 2.93. The first-order valence-electron chi connectivity index (χ1n) is 4.79. The van der Waals surface area contributed by atoms with Crippen LogP contribution in [0.1, 0.15) is 29.9 Å². The Bertz CT molecular complexity index is 362. The molecule has 0 saturated heterocycles. The molecule has 5 nitrogen and oxygen atoms in total. The van der Waals surface area contributed by atoms with Crippen molar-refractivity contribution in [3.05, 3.63) is 23.4 Å². The van der Waals surface area contributed by atoms with E-state index in [1.54, 1.807) is 12.1 Å². The van der Waals surface area contributed by atoms with Crippen LogP contribution in [0.3, 0.4) is 0 Å². The van der Waals surface area contributed by atoms with Gasteiger partial charge in [-0.3, -0.25) is 4.79 Å². The predicted molar refractivity (Wildman–Crippen MR) is 59.4 cm³/mol. The molecule has 1 amide bonds. The van der Waals surface area contributed by atoms with E-state index in [-0.39, 0.29) is 11.9 Å². The number of hydrogen-bond donors (Lipinski definition) is 3. The third kappa shape index (κ3) is 3.21. The molecule has 0 unspecified atom stereocenters. The molecule has 1 heterocycles. The van der Waals surface area contributed by atoms with Crippen molar-refractivity contribution in [3.63, 3.8) is 0 Å². The summed E-state index contributed by atoms with van der Waals surface area (Å²) < 4.78 is 0. The van der Waals surface area contributed by atoms with E-state index in [9.17, 15) is 4.79 Å². The summed E-state index contributed by atoms with van der Waals surface area (Å²) in [6.07, 6.45) is 0. The molecule has 1 aromatic rings. The lowest BCUT2D eigenvalue weighted by Crippen LogP contribution is -2.30. The van der Waals surface area contributed by atoms with Gasteiger partial charge in [0.25, 0.3) is 5.91 Å². The summed E-state index contributed by atoms with van der Waals surface area (Å²) in [7, 11) is 0. The van der Waals surface area contributed by atoms with Crippen LogP contribution in [0.4, 0.5) is 5.82 Å². The zero-order valence-electron chi connectivity index (χ0n) is 9.16. The van der Waals surface area contributed by atoms with Gasteiger partial charge in [-0.05, 0) is 32.9 Å². The van der Waals surface area contributed by atoms with Gasteiger partial charge < -0.3 is 10.7 Å². The van der Waals surface area contributed by atoms with E-state index >= 15 is 0 Å². The van der Waals surface area contributed by atoms with Crippen molar-refractivity contribution >= 4 is 11.7 Å². The molecular weight excluding hydrogens is 192 g/mol. The number of rotatable bonds is 3. The summed E-state index contributed by atoms with van der Waals surface area (Å²) in [6, 6.07) is 3.45. The van der Waals surface area contributed by atoms with Crippen molar-refractivity contribution < 1.29 is 4.79 Å². The van der Waals surface area contributed by atoms with Crippen LogP contribution in [0.5, 0.6) is 0 Å². The molecule has 0 bridgehead atoms. The van der Waals surface area contributed by atoms with Gasteiger partial charge in [-0.1, -0.05) is 0 Å². The predicted octanol–water partition coefficient (Wildman–Crippen LogP) is 0.814. The minimum Gasteiger partial charge on any atom is -0.350 e. The molecule has 0 aliphatic carbocycles. The summed E-state index contributed by atoms with van der Waals surface area (Å²) >= 11 is 0. The van der Waals surface area contributed by atoms with Crippen LogP contribution in [0, 0.1) is 6.92 Å². The molecule has 0 fully saturated rings. The number of anilines is 1. The first kappa shape index (κ1) is 11.5. The van der Waals surface area contributed by atoms with Crippen molar-refractivity contribution in [2.45, 2.75) is 26.8 Å². The van der Waals surface area contributed by atoms with Crippen LogP contribution in [0.15, 0.2) is 12.1 Å². The van der Waals surface area contributed by atoms with Crippen molar-refractivity contribution in [2.75, 3.05) is 5.43 Å². The fourth-order valence-electron chi connectivity index (χ4n) is 1.22. The maximum atomic E-state index is 11.7. The standard InChI is InChI=1S/C10H16N4O/c1-6(2)12-10(15)8-4-7(3)13-9(5-8)14-11/h4-6H,11H2,1-3H3,(H,12,15)(H,13,14). The lowest BCUT2D eigenvalue weighted by molar-refractivity contribution is 0.0943. The van der Waals surface area contributed by atoms with Crippen LogP contribution < -0.4 is 16.6 Å². The van der Waals surface area contributed by atoms with Gasteiger partial charge in [0.1, 0.15) is 5.82 Å². The maximum absolute atomic E-state index is 11.7. The van der Waals surface area contributed by atoms with E-state index in [1.807, 2.05) is 20.8 Å². The van der Waals surface area contributed by atoms with E-state index in [0.717, 1.165) is 5.69 Å². The number of nitrogens with two attached hydrogens (primary N) is 1. The molecule has 1 aromatic heterocycles. The molecular formula is C10H16N4O. The van der Waals surface area contributed by atoms with E-state index in [1.165, 1.54) is 0 Å². The molecule has 0 aromatic carbocycles. The number of nitrogen functional groups attached to an aromatic ring is 1. The van der Waals surface area contributed by atoms with Crippen molar-refractivity contribution in [2.24, 2.45) is 5.84 Å². The van der Waals surface area contributed by atoms with Crippen LogP contribution in [-0.4, -0.2) is 16.9 Å². The highest BCUT2D eigenvalue weighted by Gasteiger charge is 2.08. The minimum absolute atomic E-state index is 0.111. The highest BCUT2D eigenvalue weighted by atomic mass is 16.1. The molecule has 0 radical (unpaired) electrons. The summed E-state index contributed by atoms with van der Waals surface area (Å²) in [4.78, 5) is 15.8. The van der Waals surface area contributed by atoms with E-state index < -0.39 is 0 Å². The van der Waals surface area contributed by atoms with Gasteiger partial charge in [0.15, 0.2) is 0 Å². The van der Waals surface area contributed by atoms with Crippen molar-refractivity contribution in [1.82, 2.24) is 10.3 Å². The number of carbonyl (C=O) groups excluding carboxylic acids is 1. The Kier molecular flexibility index (Phi) is 3.62. The van der Waals surface area contributed by atoms with Crippen molar-refractivity contribution in [3.8, 4) is 0 Å². The topological polar surface area (TPSA) is 80.0 Å². The number of pyridine rings is 1. The van der Waals surface area contributed by atoms with Gasteiger partial charge in [0.2, 0.25) is 0 Å². The second-order valence-electron chi connectivity index (χ2n) is 3.65. The summed E-state index contributed by atoms with van der Waals surface area (Å²) in [6.45, 7) is 5.63. The number of hydrazine groups is 1. The Morgan fingerprint density at radius 2 is 2.13 bits per heavy atom. The van der Waals surface area contributed by atoms with Gasteiger partial charge in [-0.15, -0.1) is 0 Å². The number of carbonyl (C=O) groups is 1. The Labute approximate surface area is 89.0 Å². The fourth-order valence-corrected chi connectivity index (χ4v) is 1.22. The SMILES string of the molecule is Cc1cc(C(=O)NC(C)C)cc(NN)n1. The summed E-state index contributed by atoms with van der Waals surface area (Å²) in [5.41, 5.74) is 3.73. The zero-order chi connectivity index (χ0) is 11.4. The van der Waals surface area contributed by atoms with E-state index in [2.05, 4.69) is 15.7 Å². The third-order valence-corrected chi connectivity index (χ3v) is 1.78. The molecule has 0 atom stereocenters. The molecule has 0 spiro atoms. The lowest BCUT2D eigenvalue weighted by Gasteiger charge is -2.09. The quantitative estimate of drug-likeness (QED) is 0.507. The Morgan fingerprint density at radius 3 is 2.67 bits per heavy atom. The number of amides is 1. The molecule has 1 rings (SSSR count). The van der Waals surface area contributed by atoms with E-state index in [0.29, 0.717) is 11.4 Å². The Morgan fingerprint density at radius 1 is 1.47 bits per heavy atom. The van der Waals surface area contributed by atoms with Crippen LogP contribution in [0.25, 0.3) is 0 Å². The average Bonchev–Trinajstić information content (AvgIpc) is 2.15. The van der Waals surface area contributed by atoms with Gasteiger partial charge >= 0.3 is 0 Å². The smallest absolute Gasteiger partial charge is 0.251 e. The summed E-state index contributed by atoms with van der Waals surface area (Å²) in [5, 5.41) is 2.80. The first-order valence-corrected chi connectivity index (χ1v) is 4.79. The molecule has 82 valence electrons. The lowest BCUT2D eigenvalue weighted by atomic mass is 10.2. The van der Waals surface area contributed by atoms with Crippen LogP contribution in [-0.2, 0) is 0 Å². The normalized spacial score (nSPS) is 10.2. The number of nitrogens with zero attached hydrogens (tertiary/aromatic N) is 1. The zero-order valence-corrected chi connectivity index (χ0v) is 9.16. The maximum Gasteiger partial charge on any atom is 0.251 e. The van der Waals surface area contributed by atoms with Gasteiger partial charge in [0, 0.05) is 17.3 Å². The molecule has 0 saturated carbocycles. The number of hydrogen-bond acceptors (Lipinski definition) is 4. The Hall–Kier alpha value is -1.62. The molecule has 5 heteroatoms. The molecule has 0 aliphatic rings. The second-order valence-corrected chi connectivity index (χ2v) is 3.65. The second kappa shape index (κ2) is 4.75. The highest BCUT2D eigenvalue weighted by Crippen LogP contribution is 2.09. The first-order chi connectivity index (χ1) is 7.02. The number of nitrogens with one attached hydrogen (secondary N) is 2. The molecule has 0 aliphatic heterocycles. The van der Waals surface area contributed by atoms with Crippen LogP contribution in [0.2, 0.25) is 0 Å². The molecule has 4 N–H and O–H groups in total. The number of aryl methyl sites for hydroxylation is 1. The monoisotopic (exact) mass is 208 g/mol. The van der Waals surface area contributed by atoms with Gasteiger partial charge in [-0.25, -0.2) is 10.8 Å². The number of aromatic nitrogens is 1. The third-order valence-electron chi connectivity index (χ3n) is 1.78. The highest BCUT2D eigenvalue weighted by molar-refractivity contribution is 5.95. The van der Waals surface area contributed by atoms with E-state index in [4.69, 9.17) is 5.84 Å². The summed E-state index contributed by atoms with van der Waals surface area (Å²) in [5.74, 6) is 5.62. The van der Waals surface area contributed by atoms with Crippen LogP contribution >= 0.6 is 0 Å². The minimum atomic E-state index is -0.119. The average molecular weight is 208 g/mol. The van der Waals surface area contributed by atoms with Crippen molar-refractivity contribution in [1.29, 1.82) is 0 Å². The van der Waals surface area contributed by atoms with Gasteiger partial charge in [0.05, 0.1) is 0 Å². The fraction of sp³-hybridized carbons (Fsp3) is 0.400. The molecule has 15 heavy (non-hydrogen) atoms. The van der Waals surface area contributed by atoms with Gasteiger partial charge in [-0.2, -0.15) is 0 Å².